The summed E-state index contributed by atoms with van der Waals surface area (Å²) in [6.45, 7) is 1.94. The average molecular weight is 244 g/mol. The van der Waals surface area contributed by atoms with Gasteiger partial charge in [0.25, 0.3) is 0 Å². The zero-order valence-corrected chi connectivity index (χ0v) is 9.99. The predicted octanol–water partition coefficient (Wildman–Crippen LogP) is 3.66. The molecule has 1 aromatic heterocycles. The first kappa shape index (κ1) is 11.4. The fourth-order valence-corrected chi connectivity index (χ4v) is 1.64. The van der Waals surface area contributed by atoms with E-state index in [1.54, 1.807) is 18.3 Å². The van der Waals surface area contributed by atoms with Crippen molar-refractivity contribution in [1.82, 2.24) is 4.98 Å². The Labute approximate surface area is 105 Å². The smallest absolute Gasteiger partial charge is 0.142 e. The fraction of sp³-hybridized carbons (Fsp3) is 0.0769. The minimum Gasteiger partial charge on any atom is -0.355 e. The van der Waals surface area contributed by atoms with Gasteiger partial charge in [-0.25, -0.2) is 4.98 Å². The lowest BCUT2D eigenvalue weighted by atomic mass is 10.2. The lowest BCUT2D eigenvalue weighted by Gasteiger charge is -2.10. The van der Waals surface area contributed by atoms with Crippen LogP contribution in [0, 0.1) is 18.3 Å². The standard InChI is InChI=1S/C13H10ClN3/c1-9-12(14)3-2-4-13(9)17-10-5-6-16-11(7-10)8-15/h2-7H,1H3,(H,16,17). The van der Waals surface area contributed by atoms with E-state index in [1.807, 2.05) is 31.2 Å². The van der Waals surface area contributed by atoms with Crippen molar-refractivity contribution in [2.24, 2.45) is 0 Å². The maximum absolute atomic E-state index is 8.77. The Bertz CT molecular complexity index is 587. The van der Waals surface area contributed by atoms with Crippen LogP contribution in [0.1, 0.15) is 11.3 Å². The number of nitrogens with zero attached hydrogens (tertiary/aromatic N) is 2. The molecule has 0 aliphatic heterocycles. The SMILES string of the molecule is Cc1c(Cl)cccc1Nc1ccnc(C#N)c1. The molecule has 0 amide bonds. The predicted molar refractivity (Wildman–Crippen MR) is 68.4 cm³/mol. The zero-order valence-electron chi connectivity index (χ0n) is 9.24. The number of aromatic nitrogens is 1. The molecule has 0 aliphatic rings. The second-order valence-electron chi connectivity index (χ2n) is 3.58. The summed E-state index contributed by atoms with van der Waals surface area (Å²) in [4.78, 5) is 3.91. The number of anilines is 2. The van der Waals surface area contributed by atoms with E-state index in [0.29, 0.717) is 10.7 Å². The zero-order chi connectivity index (χ0) is 12.3. The highest BCUT2D eigenvalue weighted by Crippen LogP contribution is 2.25. The molecule has 2 rings (SSSR count). The van der Waals surface area contributed by atoms with Crippen molar-refractivity contribution >= 4 is 23.0 Å². The second-order valence-corrected chi connectivity index (χ2v) is 3.99. The molecule has 3 nitrogen and oxygen atoms in total. The Morgan fingerprint density at radius 1 is 1.35 bits per heavy atom. The molecule has 0 aliphatic carbocycles. The van der Waals surface area contributed by atoms with Crippen LogP contribution in [0.3, 0.4) is 0 Å². The molecule has 84 valence electrons. The van der Waals surface area contributed by atoms with Crippen LogP contribution >= 0.6 is 11.6 Å². The number of hydrogen-bond acceptors (Lipinski definition) is 3. The lowest BCUT2D eigenvalue weighted by molar-refractivity contribution is 1.26. The van der Waals surface area contributed by atoms with E-state index in [2.05, 4.69) is 10.3 Å². The van der Waals surface area contributed by atoms with Crippen LogP contribution in [0.2, 0.25) is 5.02 Å². The van der Waals surface area contributed by atoms with E-state index in [4.69, 9.17) is 16.9 Å². The highest BCUT2D eigenvalue weighted by molar-refractivity contribution is 6.31. The highest BCUT2D eigenvalue weighted by atomic mass is 35.5. The van der Waals surface area contributed by atoms with Gasteiger partial charge in [-0.05, 0) is 36.8 Å². The van der Waals surface area contributed by atoms with Crippen LogP contribution in [0.25, 0.3) is 0 Å². The topological polar surface area (TPSA) is 48.7 Å². The van der Waals surface area contributed by atoms with Gasteiger partial charge in [0.15, 0.2) is 0 Å². The number of nitriles is 1. The first-order valence-electron chi connectivity index (χ1n) is 5.09. The maximum atomic E-state index is 8.77. The Kier molecular flexibility index (Phi) is 3.27. The molecule has 0 radical (unpaired) electrons. The normalized spacial score (nSPS) is 9.71. The molecule has 0 atom stereocenters. The van der Waals surface area contributed by atoms with Crippen molar-refractivity contribution in [3.63, 3.8) is 0 Å². The summed E-state index contributed by atoms with van der Waals surface area (Å²) < 4.78 is 0. The van der Waals surface area contributed by atoms with Crippen molar-refractivity contribution in [1.29, 1.82) is 5.26 Å². The summed E-state index contributed by atoms with van der Waals surface area (Å²) in [5, 5.41) is 12.7. The van der Waals surface area contributed by atoms with Gasteiger partial charge in [0.05, 0.1) is 0 Å². The van der Waals surface area contributed by atoms with Gasteiger partial charge < -0.3 is 5.32 Å². The summed E-state index contributed by atoms with van der Waals surface area (Å²) in [7, 11) is 0. The second kappa shape index (κ2) is 4.86. The highest BCUT2D eigenvalue weighted by Gasteiger charge is 2.03. The third kappa shape index (κ3) is 2.55. The fourth-order valence-electron chi connectivity index (χ4n) is 1.47. The third-order valence-corrected chi connectivity index (χ3v) is 2.83. The van der Waals surface area contributed by atoms with Crippen molar-refractivity contribution in [2.75, 3.05) is 5.32 Å². The Balaban J connectivity index is 2.32. The van der Waals surface area contributed by atoms with Crippen molar-refractivity contribution in [2.45, 2.75) is 6.92 Å². The largest absolute Gasteiger partial charge is 0.355 e. The summed E-state index contributed by atoms with van der Waals surface area (Å²) in [5.41, 5.74) is 3.11. The Morgan fingerprint density at radius 3 is 2.94 bits per heavy atom. The average Bonchev–Trinajstić information content (AvgIpc) is 2.35. The number of benzene rings is 1. The van der Waals surface area contributed by atoms with Gasteiger partial charge in [0, 0.05) is 22.6 Å². The van der Waals surface area contributed by atoms with Gasteiger partial charge in [0.2, 0.25) is 0 Å². The van der Waals surface area contributed by atoms with Crippen LogP contribution in [-0.2, 0) is 0 Å². The number of hydrogen-bond donors (Lipinski definition) is 1. The minimum absolute atomic E-state index is 0.384. The molecule has 1 N–H and O–H groups in total. The molecule has 0 spiro atoms. The lowest BCUT2D eigenvalue weighted by Crippen LogP contribution is -1.94. The van der Waals surface area contributed by atoms with Crippen molar-refractivity contribution in [3.8, 4) is 6.07 Å². The summed E-state index contributed by atoms with van der Waals surface area (Å²) in [5.74, 6) is 0. The Hall–Kier alpha value is -2.05. The molecule has 17 heavy (non-hydrogen) atoms. The number of halogens is 1. The van der Waals surface area contributed by atoms with Gasteiger partial charge in [0.1, 0.15) is 11.8 Å². The molecule has 2 aromatic rings. The van der Waals surface area contributed by atoms with Crippen LogP contribution in [-0.4, -0.2) is 4.98 Å². The van der Waals surface area contributed by atoms with E-state index in [-0.39, 0.29) is 0 Å². The van der Waals surface area contributed by atoms with Crippen LogP contribution in [0.5, 0.6) is 0 Å². The molecule has 4 heteroatoms. The van der Waals surface area contributed by atoms with Crippen LogP contribution < -0.4 is 5.32 Å². The van der Waals surface area contributed by atoms with Crippen molar-refractivity contribution < 1.29 is 0 Å². The molecule has 0 fully saturated rings. The summed E-state index contributed by atoms with van der Waals surface area (Å²) >= 11 is 6.03. The third-order valence-electron chi connectivity index (χ3n) is 2.42. The molecular formula is C13H10ClN3. The van der Waals surface area contributed by atoms with Crippen LogP contribution in [0.15, 0.2) is 36.5 Å². The number of pyridine rings is 1. The monoisotopic (exact) mass is 243 g/mol. The Morgan fingerprint density at radius 2 is 2.18 bits per heavy atom. The molecule has 0 unspecified atom stereocenters. The van der Waals surface area contributed by atoms with Crippen LogP contribution in [0.4, 0.5) is 11.4 Å². The van der Waals surface area contributed by atoms with E-state index in [9.17, 15) is 0 Å². The van der Waals surface area contributed by atoms with E-state index in [0.717, 1.165) is 16.9 Å². The van der Waals surface area contributed by atoms with Gasteiger partial charge >= 0.3 is 0 Å². The molecule has 1 heterocycles. The summed E-state index contributed by atoms with van der Waals surface area (Å²) in [6, 6.07) is 11.2. The minimum atomic E-state index is 0.384. The quantitative estimate of drug-likeness (QED) is 0.876. The first-order valence-corrected chi connectivity index (χ1v) is 5.47. The van der Waals surface area contributed by atoms with E-state index in [1.165, 1.54) is 0 Å². The number of rotatable bonds is 2. The summed E-state index contributed by atoms with van der Waals surface area (Å²) in [6.07, 6.45) is 1.60. The van der Waals surface area contributed by atoms with Crippen molar-refractivity contribution in [3.05, 3.63) is 52.8 Å². The first-order chi connectivity index (χ1) is 8.20. The maximum Gasteiger partial charge on any atom is 0.142 e. The van der Waals surface area contributed by atoms with Gasteiger partial charge in [-0.1, -0.05) is 17.7 Å². The molecule has 1 aromatic carbocycles. The van der Waals surface area contributed by atoms with Gasteiger partial charge in [-0.2, -0.15) is 5.26 Å². The van der Waals surface area contributed by atoms with Gasteiger partial charge in [-0.3, -0.25) is 0 Å². The van der Waals surface area contributed by atoms with E-state index >= 15 is 0 Å². The van der Waals surface area contributed by atoms with E-state index < -0.39 is 0 Å². The molecule has 0 saturated heterocycles. The van der Waals surface area contributed by atoms with Gasteiger partial charge in [-0.15, -0.1) is 0 Å². The molecular weight excluding hydrogens is 234 g/mol. The number of nitrogens with one attached hydrogen (secondary N) is 1. The molecule has 0 bridgehead atoms. The molecule has 0 saturated carbocycles.